The minimum atomic E-state index is 0.150. The van der Waals surface area contributed by atoms with E-state index in [1.807, 2.05) is 0 Å². The summed E-state index contributed by atoms with van der Waals surface area (Å²) in [4.78, 5) is 0. The molecule has 0 aliphatic carbocycles. The van der Waals surface area contributed by atoms with E-state index in [1.54, 1.807) is 0 Å². The van der Waals surface area contributed by atoms with Crippen LogP contribution in [-0.2, 0) is 0 Å². The molecule has 0 spiro atoms. The summed E-state index contributed by atoms with van der Waals surface area (Å²) in [6.07, 6.45) is 2.58. The largest absolute Gasteiger partial charge is 0.316 e. The molecule has 2 nitrogen and oxygen atoms in total. The monoisotopic (exact) mass is 158 g/mol. The zero-order chi connectivity index (χ0) is 8.85. The summed E-state index contributed by atoms with van der Waals surface area (Å²) in [6.45, 7) is 8.65. The average Bonchev–Trinajstić information content (AvgIpc) is 1.87. The van der Waals surface area contributed by atoms with Gasteiger partial charge in [-0.1, -0.05) is 27.2 Å². The lowest BCUT2D eigenvalue weighted by molar-refractivity contribution is 0.358. The summed E-state index contributed by atoms with van der Waals surface area (Å²) in [5, 5.41) is 3.36. The van der Waals surface area contributed by atoms with E-state index in [1.165, 1.54) is 12.8 Å². The topological polar surface area (TPSA) is 38.0 Å². The Morgan fingerprint density at radius 2 is 1.82 bits per heavy atom. The Morgan fingerprint density at radius 3 is 2.18 bits per heavy atom. The van der Waals surface area contributed by atoms with Gasteiger partial charge in [0.15, 0.2) is 0 Å². The second-order valence-electron chi connectivity index (χ2n) is 3.63. The first-order valence-corrected chi connectivity index (χ1v) is 4.59. The molecule has 0 rings (SSSR count). The molecule has 0 saturated heterocycles. The van der Waals surface area contributed by atoms with Gasteiger partial charge in [0.1, 0.15) is 0 Å². The van der Waals surface area contributed by atoms with Gasteiger partial charge in [-0.25, -0.2) is 0 Å². The molecule has 0 aliphatic heterocycles. The van der Waals surface area contributed by atoms with Crippen LogP contribution in [0.5, 0.6) is 0 Å². The second kappa shape index (κ2) is 5.56. The third-order valence-corrected chi connectivity index (χ3v) is 1.92. The highest BCUT2D eigenvalue weighted by atomic mass is 15.0. The summed E-state index contributed by atoms with van der Waals surface area (Å²) in [6, 6.07) is 0.553. The Balaban J connectivity index is 3.48. The molecule has 2 atom stereocenters. The molecule has 0 saturated carbocycles. The van der Waals surface area contributed by atoms with Crippen LogP contribution in [0.2, 0.25) is 0 Å². The van der Waals surface area contributed by atoms with E-state index in [0.29, 0.717) is 12.0 Å². The van der Waals surface area contributed by atoms with Crippen molar-refractivity contribution in [3.05, 3.63) is 0 Å². The van der Waals surface area contributed by atoms with Crippen molar-refractivity contribution in [1.29, 1.82) is 0 Å². The Bertz CT molecular complexity index is 91.6. The molecular weight excluding hydrogens is 136 g/mol. The fourth-order valence-electron chi connectivity index (χ4n) is 1.04. The summed E-state index contributed by atoms with van der Waals surface area (Å²) in [5.41, 5.74) is 5.84. The summed E-state index contributed by atoms with van der Waals surface area (Å²) < 4.78 is 0. The normalized spacial score (nSPS) is 16.9. The Kier molecular flexibility index (Phi) is 5.51. The highest BCUT2D eigenvalue weighted by Crippen LogP contribution is 2.00. The zero-order valence-electron chi connectivity index (χ0n) is 8.22. The van der Waals surface area contributed by atoms with Gasteiger partial charge in [0.05, 0.1) is 6.17 Å². The molecular formula is C9H22N2. The second-order valence-corrected chi connectivity index (χ2v) is 3.63. The van der Waals surface area contributed by atoms with Crippen LogP contribution in [-0.4, -0.2) is 12.2 Å². The van der Waals surface area contributed by atoms with Crippen molar-refractivity contribution in [2.24, 2.45) is 11.7 Å². The molecule has 0 fully saturated rings. The third-order valence-electron chi connectivity index (χ3n) is 1.92. The molecule has 2 heteroatoms. The van der Waals surface area contributed by atoms with E-state index in [4.69, 9.17) is 5.73 Å². The van der Waals surface area contributed by atoms with Gasteiger partial charge in [-0.15, -0.1) is 0 Å². The smallest absolute Gasteiger partial charge is 0.0572 e. The van der Waals surface area contributed by atoms with Crippen molar-refractivity contribution in [3.8, 4) is 0 Å². The van der Waals surface area contributed by atoms with E-state index in [2.05, 4.69) is 33.0 Å². The van der Waals surface area contributed by atoms with E-state index >= 15 is 0 Å². The Hall–Kier alpha value is -0.0800. The quantitative estimate of drug-likeness (QED) is 0.598. The molecule has 0 aromatic carbocycles. The van der Waals surface area contributed by atoms with Gasteiger partial charge in [-0.05, 0) is 19.3 Å². The van der Waals surface area contributed by atoms with Gasteiger partial charge in [-0.2, -0.15) is 0 Å². The molecule has 0 radical (unpaired) electrons. The molecule has 11 heavy (non-hydrogen) atoms. The number of nitrogens with two attached hydrogens (primary N) is 1. The van der Waals surface area contributed by atoms with Gasteiger partial charge >= 0.3 is 0 Å². The summed E-state index contributed by atoms with van der Waals surface area (Å²) in [5.74, 6) is 0.523. The lowest BCUT2D eigenvalue weighted by Gasteiger charge is -2.22. The number of hydrogen-bond acceptors (Lipinski definition) is 2. The van der Waals surface area contributed by atoms with Gasteiger partial charge in [0.25, 0.3) is 0 Å². The first-order valence-electron chi connectivity index (χ1n) is 4.59. The lowest BCUT2D eigenvalue weighted by Crippen LogP contribution is -2.46. The highest BCUT2D eigenvalue weighted by molar-refractivity contribution is 4.68. The fourth-order valence-corrected chi connectivity index (χ4v) is 1.04. The van der Waals surface area contributed by atoms with Gasteiger partial charge in [0.2, 0.25) is 0 Å². The molecule has 3 N–H and O–H groups in total. The van der Waals surface area contributed by atoms with Crippen molar-refractivity contribution in [3.63, 3.8) is 0 Å². The van der Waals surface area contributed by atoms with Crippen LogP contribution in [0.4, 0.5) is 0 Å². The maximum absolute atomic E-state index is 5.84. The number of hydrogen-bond donors (Lipinski definition) is 2. The molecule has 2 unspecified atom stereocenters. The van der Waals surface area contributed by atoms with Crippen LogP contribution in [0.3, 0.4) is 0 Å². The number of nitrogens with one attached hydrogen (secondary N) is 1. The van der Waals surface area contributed by atoms with Crippen LogP contribution in [0, 0.1) is 5.92 Å². The van der Waals surface area contributed by atoms with Crippen molar-refractivity contribution in [2.45, 2.75) is 52.7 Å². The fraction of sp³-hybridized carbons (Fsp3) is 1.00. The molecule has 68 valence electrons. The predicted molar refractivity (Wildman–Crippen MR) is 50.3 cm³/mol. The molecule has 0 aromatic heterocycles. The predicted octanol–water partition coefficient (Wildman–Crippen LogP) is 1.71. The SMILES string of the molecule is CCCC(C)NC(N)C(C)C. The first-order chi connectivity index (χ1) is 5.07. The van der Waals surface area contributed by atoms with Crippen LogP contribution < -0.4 is 11.1 Å². The van der Waals surface area contributed by atoms with E-state index in [0.717, 1.165) is 0 Å². The van der Waals surface area contributed by atoms with Crippen LogP contribution in [0.1, 0.15) is 40.5 Å². The van der Waals surface area contributed by atoms with Crippen molar-refractivity contribution in [1.82, 2.24) is 5.32 Å². The van der Waals surface area contributed by atoms with Crippen LogP contribution >= 0.6 is 0 Å². The Labute approximate surface area is 70.5 Å². The summed E-state index contributed by atoms with van der Waals surface area (Å²) >= 11 is 0. The standard InChI is InChI=1S/C9H22N2/c1-5-6-8(4)11-9(10)7(2)3/h7-9,11H,5-6,10H2,1-4H3. The van der Waals surface area contributed by atoms with Gasteiger partial charge in [0, 0.05) is 6.04 Å². The molecule has 0 aliphatic rings. The minimum Gasteiger partial charge on any atom is -0.316 e. The number of rotatable bonds is 5. The average molecular weight is 158 g/mol. The van der Waals surface area contributed by atoms with E-state index in [9.17, 15) is 0 Å². The summed E-state index contributed by atoms with van der Waals surface area (Å²) in [7, 11) is 0. The zero-order valence-corrected chi connectivity index (χ0v) is 8.22. The highest BCUT2D eigenvalue weighted by Gasteiger charge is 2.09. The maximum atomic E-state index is 5.84. The van der Waals surface area contributed by atoms with Crippen LogP contribution in [0.25, 0.3) is 0 Å². The molecule has 0 heterocycles. The van der Waals surface area contributed by atoms with Gasteiger partial charge < -0.3 is 5.73 Å². The van der Waals surface area contributed by atoms with E-state index < -0.39 is 0 Å². The molecule has 0 amide bonds. The van der Waals surface area contributed by atoms with Crippen molar-refractivity contribution < 1.29 is 0 Å². The van der Waals surface area contributed by atoms with E-state index in [-0.39, 0.29) is 6.17 Å². The Morgan fingerprint density at radius 1 is 1.27 bits per heavy atom. The lowest BCUT2D eigenvalue weighted by atomic mass is 10.1. The van der Waals surface area contributed by atoms with Crippen LogP contribution in [0.15, 0.2) is 0 Å². The maximum Gasteiger partial charge on any atom is 0.0572 e. The molecule has 0 aromatic rings. The van der Waals surface area contributed by atoms with Crippen molar-refractivity contribution >= 4 is 0 Å². The third kappa shape index (κ3) is 5.22. The minimum absolute atomic E-state index is 0.150. The van der Waals surface area contributed by atoms with Gasteiger partial charge in [-0.3, -0.25) is 5.32 Å². The first kappa shape index (κ1) is 10.9. The molecule has 0 bridgehead atoms. The van der Waals surface area contributed by atoms with Crippen molar-refractivity contribution in [2.75, 3.05) is 0 Å².